The highest BCUT2D eigenvalue weighted by atomic mass is 32.2. The van der Waals surface area contributed by atoms with Gasteiger partial charge in [0.05, 0.1) is 10.8 Å². The first kappa shape index (κ1) is 19.5. The van der Waals surface area contributed by atoms with E-state index in [0.29, 0.717) is 6.54 Å². The van der Waals surface area contributed by atoms with Crippen LogP contribution in [0.3, 0.4) is 0 Å². The lowest BCUT2D eigenvalue weighted by Gasteiger charge is -2.19. The number of carbonyl (C=O) groups is 1. The highest BCUT2D eigenvalue weighted by molar-refractivity contribution is 8.01. The van der Waals surface area contributed by atoms with Gasteiger partial charge in [-0.3, -0.25) is 0 Å². The molecule has 0 fully saturated rings. The van der Waals surface area contributed by atoms with Gasteiger partial charge in [-0.25, -0.2) is 4.79 Å². The molecule has 1 heterocycles. The van der Waals surface area contributed by atoms with E-state index < -0.39 is 5.60 Å². The van der Waals surface area contributed by atoms with E-state index in [4.69, 9.17) is 4.74 Å². The minimum absolute atomic E-state index is 0.388. The minimum atomic E-state index is -0.482. The Hall–Kier alpha value is -2.24. The molecule has 1 amide bonds. The van der Waals surface area contributed by atoms with Crippen LogP contribution < -0.4 is 5.32 Å². The Labute approximate surface area is 168 Å². The van der Waals surface area contributed by atoms with Gasteiger partial charge in [0.25, 0.3) is 0 Å². The van der Waals surface area contributed by atoms with Crippen molar-refractivity contribution < 1.29 is 9.53 Å². The number of benzene rings is 2. The first-order valence-corrected chi connectivity index (χ1v) is 10.4. The average molecular weight is 398 g/mol. The molecule has 0 atom stereocenters. The van der Waals surface area contributed by atoms with E-state index in [0.717, 1.165) is 4.88 Å². The van der Waals surface area contributed by atoms with Gasteiger partial charge in [0.2, 0.25) is 0 Å². The normalized spacial score (nSPS) is 11.2. The van der Waals surface area contributed by atoms with Crippen LogP contribution in [0.2, 0.25) is 0 Å². The summed E-state index contributed by atoms with van der Waals surface area (Å²) in [6.07, 6.45) is -0.388. The molecule has 0 aliphatic heterocycles. The molecule has 0 radical (unpaired) electrons. The molecule has 0 saturated carbocycles. The maximum Gasteiger partial charge on any atom is 0.407 e. The van der Waals surface area contributed by atoms with Crippen molar-refractivity contribution in [1.82, 2.24) is 5.32 Å². The maximum atomic E-state index is 11.8. The fraction of sp³-hybridized carbons (Fsp3) is 0.227. The molecule has 0 saturated heterocycles. The molecule has 5 heteroatoms. The number of carbonyl (C=O) groups excluding carboxylic acids is 1. The number of amides is 1. The Kier molecular flexibility index (Phi) is 6.24. The first-order valence-electron chi connectivity index (χ1n) is 8.78. The zero-order chi connectivity index (χ0) is 19.3. The molecule has 1 aromatic heterocycles. The van der Waals surface area contributed by atoms with Crippen LogP contribution in [0.4, 0.5) is 4.79 Å². The van der Waals surface area contributed by atoms with Crippen LogP contribution in [0, 0.1) is 0 Å². The van der Waals surface area contributed by atoms with Gasteiger partial charge in [-0.1, -0.05) is 54.2 Å². The Morgan fingerprint density at radius 3 is 2.48 bits per heavy atom. The molecular weight excluding hydrogens is 374 g/mol. The predicted molar refractivity (Wildman–Crippen MR) is 113 cm³/mol. The summed E-state index contributed by atoms with van der Waals surface area (Å²) in [7, 11) is 0. The number of hydrogen-bond donors (Lipinski definition) is 1. The predicted octanol–water partition coefficient (Wildman–Crippen LogP) is 6.59. The van der Waals surface area contributed by atoms with Gasteiger partial charge < -0.3 is 10.1 Å². The van der Waals surface area contributed by atoms with E-state index in [1.165, 1.54) is 20.2 Å². The van der Waals surface area contributed by atoms with Crippen LogP contribution in [-0.2, 0) is 11.3 Å². The van der Waals surface area contributed by atoms with E-state index in [9.17, 15) is 4.79 Å². The van der Waals surface area contributed by atoms with Crippen LogP contribution in [0.15, 0.2) is 75.8 Å². The first-order chi connectivity index (χ1) is 12.9. The van der Waals surface area contributed by atoms with E-state index in [1.54, 1.807) is 23.1 Å². The third-order valence-electron chi connectivity index (χ3n) is 3.60. The minimum Gasteiger partial charge on any atom is -0.444 e. The van der Waals surface area contributed by atoms with Crippen LogP contribution in [0.5, 0.6) is 0 Å². The summed E-state index contributed by atoms with van der Waals surface area (Å²) >= 11 is 3.42. The molecule has 0 bridgehead atoms. The number of thiophene rings is 1. The lowest BCUT2D eigenvalue weighted by Crippen LogP contribution is -2.31. The van der Waals surface area contributed by atoms with Crippen molar-refractivity contribution in [2.24, 2.45) is 0 Å². The molecule has 1 N–H and O–H groups in total. The van der Waals surface area contributed by atoms with E-state index in [1.807, 2.05) is 32.9 Å². The van der Waals surface area contributed by atoms with Crippen molar-refractivity contribution in [1.29, 1.82) is 0 Å². The SMILES string of the molecule is CC(C)(C)OC(=O)NCc1ccc(Sc2cccc(-c3ccccc3)c2)s1. The number of rotatable bonds is 5. The summed E-state index contributed by atoms with van der Waals surface area (Å²) < 4.78 is 6.46. The lowest BCUT2D eigenvalue weighted by molar-refractivity contribution is 0.0524. The quantitative estimate of drug-likeness (QED) is 0.528. The van der Waals surface area contributed by atoms with Crippen molar-refractivity contribution in [3.8, 4) is 11.1 Å². The van der Waals surface area contributed by atoms with Crippen molar-refractivity contribution in [3.63, 3.8) is 0 Å². The fourth-order valence-corrected chi connectivity index (χ4v) is 4.62. The zero-order valence-corrected chi connectivity index (χ0v) is 17.3. The summed E-state index contributed by atoms with van der Waals surface area (Å²) in [6.45, 7) is 6.05. The highest BCUT2D eigenvalue weighted by Gasteiger charge is 2.16. The topological polar surface area (TPSA) is 38.3 Å². The van der Waals surface area contributed by atoms with Crippen molar-refractivity contribution >= 4 is 29.2 Å². The van der Waals surface area contributed by atoms with Crippen LogP contribution in [-0.4, -0.2) is 11.7 Å². The second-order valence-corrected chi connectivity index (χ2v) is 9.61. The molecule has 0 spiro atoms. The van der Waals surface area contributed by atoms with Gasteiger partial charge >= 0.3 is 6.09 Å². The number of nitrogens with one attached hydrogen (secondary N) is 1. The van der Waals surface area contributed by atoms with Crippen molar-refractivity contribution in [3.05, 3.63) is 71.6 Å². The van der Waals surface area contributed by atoms with Gasteiger partial charge in [0, 0.05) is 9.77 Å². The van der Waals surface area contributed by atoms with E-state index in [2.05, 4.69) is 59.9 Å². The van der Waals surface area contributed by atoms with Gasteiger partial charge in [-0.2, -0.15) is 0 Å². The average Bonchev–Trinajstić information content (AvgIpc) is 3.07. The zero-order valence-electron chi connectivity index (χ0n) is 15.7. The summed E-state index contributed by atoms with van der Waals surface area (Å²) in [5.41, 5.74) is 1.95. The molecule has 0 aliphatic carbocycles. The number of ether oxygens (including phenoxy) is 1. The smallest absolute Gasteiger partial charge is 0.407 e. The summed E-state index contributed by atoms with van der Waals surface area (Å²) in [5, 5.41) is 2.80. The Bertz CT molecular complexity index is 898. The van der Waals surface area contributed by atoms with Crippen molar-refractivity contribution in [2.75, 3.05) is 0 Å². The van der Waals surface area contributed by atoms with Crippen LogP contribution in [0.1, 0.15) is 25.6 Å². The Balaban J connectivity index is 1.60. The van der Waals surface area contributed by atoms with Gasteiger partial charge in [0.1, 0.15) is 5.60 Å². The van der Waals surface area contributed by atoms with E-state index >= 15 is 0 Å². The third-order valence-corrected chi connectivity index (χ3v) is 5.81. The summed E-state index contributed by atoms with van der Waals surface area (Å²) in [6, 6.07) is 23.1. The second-order valence-electron chi connectivity index (χ2n) is 7.07. The molecule has 3 rings (SSSR count). The molecule has 3 nitrogen and oxygen atoms in total. The molecule has 3 aromatic rings. The van der Waals surface area contributed by atoms with Gasteiger partial charge in [-0.05, 0) is 56.2 Å². The molecule has 0 aliphatic rings. The summed E-state index contributed by atoms with van der Waals surface area (Å²) in [4.78, 5) is 14.1. The number of hydrogen-bond acceptors (Lipinski definition) is 4. The third kappa shape index (κ3) is 6.15. The van der Waals surface area contributed by atoms with E-state index in [-0.39, 0.29) is 6.09 Å². The standard InChI is InChI=1S/C22H23NO2S2/c1-22(2,3)25-21(24)23-15-19-12-13-20(27-19)26-18-11-7-10-17(14-18)16-8-5-4-6-9-16/h4-14H,15H2,1-3H3,(H,23,24). The number of alkyl carbamates (subject to hydrolysis) is 1. The monoisotopic (exact) mass is 397 g/mol. The second kappa shape index (κ2) is 8.63. The van der Waals surface area contributed by atoms with Crippen LogP contribution in [0.25, 0.3) is 11.1 Å². The highest BCUT2D eigenvalue weighted by Crippen LogP contribution is 2.35. The molecule has 0 unspecified atom stereocenters. The molecule has 140 valence electrons. The van der Waals surface area contributed by atoms with Crippen molar-refractivity contribution in [2.45, 2.75) is 42.0 Å². The Morgan fingerprint density at radius 1 is 1.00 bits per heavy atom. The fourth-order valence-electron chi connectivity index (χ4n) is 2.47. The summed E-state index contributed by atoms with van der Waals surface area (Å²) in [5.74, 6) is 0. The molecule has 27 heavy (non-hydrogen) atoms. The van der Waals surface area contributed by atoms with Crippen LogP contribution >= 0.6 is 23.1 Å². The molecule has 2 aromatic carbocycles. The largest absolute Gasteiger partial charge is 0.444 e. The lowest BCUT2D eigenvalue weighted by atomic mass is 10.1. The van der Waals surface area contributed by atoms with Gasteiger partial charge in [0.15, 0.2) is 0 Å². The van der Waals surface area contributed by atoms with Gasteiger partial charge in [-0.15, -0.1) is 11.3 Å². The molecular formula is C22H23NO2S2. The maximum absolute atomic E-state index is 11.8. The Morgan fingerprint density at radius 2 is 1.74 bits per heavy atom.